The second kappa shape index (κ2) is 6.03. The van der Waals surface area contributed by atoms with Crippen LogP contribution in [0.5, 0.6) is 0 Å². The van der Waals surface area contributed by atoms with Crippen molar-refractivity contribution in [1.29, 1.82) is 0 Å². The van der Waals surface area contributed by atoms with Crippen molar-refractivity contribution >= 4 is 54.6 Å². The van der Waals surface area contributed by atoms with Crippen LogP contribution < -0.4 is 10.5 Å². The van der Waals surface area contributed by atoms with Crippen molar-refractivity contribution in [2.75, 3.05) is 5.73 Å². The molecule has 20 heavy (non-hydrogen) atoms. The zero-order chi connectivity index (χ0) is 14.9. The van der Waals surface area contributed by atoms with E-state index in [9.17, 15) is 8.42 Å². The van der Waals surface area contributed by atoms with Gasteiger partial charge in [-0.15, -0.1) is 11.3 Å². The smallest absolute Gasteiger partial charge is 0.242 e. The van der Waals surface area contributed by atoms with E-state index in [1.807, 2.05) is 11.4 Å². The molecule has 8 heteroatoms. The first-order chi connectivity index (χ1) is 9.29. The highest BCUT2D eigenvalue weighted by Crippen LogP contribution is 2.27. The normalized spacial score (nSPS) is 11.8. The Kier molecular flexibility index (Phi) is 4.76. The Labute approximate surface area is 135 Å². The Morgan fingerprint density at radius 2 is 2.10 bits per heavy atom. The number of nitrogen functional groups attached to an aromatic ring is 1. The van der Waals surface area contributed by atoms with Gasteiger partial charge in [0, 0.05) is 27.0 Å². The predicted molar refractivity (Wildman–Crippen MR) is 86.6 cm³/mol. The van der Waals surface area contributed by atoms with Gasteiger partial charge in [-0.2, -0.15) is 0 Å². The first-order valence-corrected chi connectivity index (χ1v) is 9.11. The summed E-state index contributed by atoms with van der Waals surface area (Å²) in [5.74, 6) is 0. The van der Waals surface area contributed by atoms with Crippen LogP contribution in [0.4, 0.5) is 5.69 Å². The van der Waals surface area contributed by atoms with Gasteiger partial charge < -0.3 is 5.73 Å². The maximum absolute atomic E-state index is 12.2. The summed E-state index contributed by atoms with van der Waals surface area (Å²) >= 11 is 10.8. The van der Waals surface area contributed by atoms with Crippen LogP contribution in [-0.2, 0) is 16.6 Å². The Bertz CT molecular complexity index is 744. The highest BCUT2D eigenvalue weighted by Gasteiger charge is 2.19. The third-order valence-corrected chi connectivity index (χ3v) is 6.23. The first-order valence-electron chi connectivity index (χ1n) is 5.58. The molecule has 3 N–H and O–H groups in total. The topological polar surface area (TPSA) is 72.2 Å². The Morgan fingerprint density at radius 3 is 2.70 bits per heavy atom. The van der Waals surface area contributed by atoms with Crippen LogP contribution in [-0.4, -0.2) is 8.42 Å². The van der Waals surface area contributed by atoms with Gasteiger partial charge in [0.15, 0.2) is 0 Å². The average molecular weight is 396 g/mol. The summed E-state index contributed by atoms with van der Waals surface area (Å²) in [6.07, 6.45) is 0. The number of sulfonamides is 1. The molecule has 2 rings (SSSR count). The second-order valence-corrected chi connectivity index (χ2v) is 8.25. The van der Waals surface area contributed by atoms with E-state index < -0.39 is 10.0 Å². The van der Waals surface area contributed by atoms with Gasteiger partial charge in [0.25, 0.3) is 0 Å². The standard InChI is InChI=1S/C12H12BrClN2O2S2/c1-7-2-10(14)12(4-11(7)15)20(17,18)16-5-9-3-8(13)6-19-9/h2-4,6,16H,5,15H2,1H3. The lowest BCUT2D eigenvalue weighted by molar-refractivity contribution is 0.582. The molecule has 0 amide bonds. The average Bonchev–Trinajstić information content (AvgIpc) is 2.77. The van der Waals surface area contributed by atoms with E-state index in [0.717, 1.165) is 14.9 Å². The fourth-order valence-electron chi connectivity index (χ4n) is 1.56. The van der Waals surface area contributed by atoms with Gasteiger partial charge >= 0.3 is 0 Å². The molecular formula is C12H12BrClN2O2S2. The molecule has 108 valence electrons. The number of nitrogens with one attached hydrogen (secondary N) is 1. The van der Waals surface area contributed by atoms with Crippen LogP contribution in [0.3, 0.4) is 0 Å². The van der Waals surface area contributed by atoms with Crippen LogP contribution in [0, 0.1) is 6.92 Å². The van der Waals surface area contributed by atoms with E-state index in [1.54, 1.807) is 13.0 Å². The van der Waals surface area contributed by atoms with E-state index in [2.05, 4.69) is 20.7 Å². The van der Waals surface area contributed by atoms with Crippen LogP contribution in [0.25, 0.3) is 0 Å². The Morgan fingerprint density at radius 1 is 1.40 bits per heavy atom. The quantitative estimate of drug-likeness (QED) is 0.778. The van der Waals surface area contributed by atoms with Crippen molar-refractivity contribution < 1.29 is 8.42 Å². The van der Waals surface area contributed by atoms with Crippen molar-refractivity contribution in [2.24, 2.45) is 0 Å². The van der Waals surface area contributed by atoms with Crippen molar-refractivity contribution in [1.82, 2.24) is 4.72 Å². The fraction of sp³-hybridized carbons (Fsp3) is 0.167. The molecule has 0 aliphatic heterocycles. The van der Waals surface area contributed by atoms with E-state index in [0.29, 0.717) is 5.69 Å². The minimum atomic E-state index is -3.69. The maximum atomic E-state index is 12.2. The number of nitrogens with two attached hydrogens (primary N) is 1. The summed E-state index contributed by atoms with van der Waals surface area (Å²) in [6.45, 7) is 1.98. The third kappa shape index (κ3) is 3.53. The van der Waals surface area contributed by atoms with E-state index in [-0.39, 0.29) is 16.5 Å². The highest BCUT2D eigenvalue weighted by molar-refractivity contribution is 9.10. The summed E-state index contributed by atoms with van der Waals surface area (Å²) in [5, 5.41) is 2.05. The van der Waals surface area contributed by atoms with Crippen molar-refractivity contribution in [3.63, 3.8) is 0 Å². The molecule has 0 atom stereocenters. The summed E-state index contributed by atoms with van der Waals surface area (Å²) in [4.78, 5) is 0.898. The van der Waals surface area contributed by atoms with Gasteiger partial charge in [-0.05, 0) is 46.6 Å². The largest absolute Gasteiger partial charge is 0.398 e. The molecule has 1 aromatic carbocycles. The number of halogens is 2. The molecule has 0 unspecified atom stereocenters. The molecule has 1 aromatic heterocycles. The molecule has 0 aliphatic rings. The molecule has 0 radical (unpaired) electrons. The summed E-state index contributed by atoms with van der Waals surface area (Å²) in [6, 6.07) is 4.79. The number of thiophene rings is 1. The SMILES string of the molecule is Cc1cc(Cl)c(S(=O)(=O)NCc2cc(Br)cs2)cc1N. The zero-order valence-corrected chi connectivity index (χ0v) is 14.5. The lowest BCUT2D eigenvalue weighted by Crippen LogP contribution is -2.23. The summed E-state index contributed by atoms with van der Waals surface area (Å²) in [7, 11) is -3.69. The lowest BCUT2D eigenvalue weighted by atomic mass is 10.2. The summed E-state index contributed by atoms with van der Waals surface area (Å²) < 4.78 is 27.9. The number of benzene rings is 1. The molecule has 0 saturated carbocycles. The minimum absolute atomic E-state index is 0.00196. The Hall–Kier alpha value is -0.600. The molecule has 1 heterocycles. The lowest BCUT2D eigenvalue weighted by Gasteiger charge is -2.10. The van der Waals surface area contributed by atoms with Gasteiger partial charge in [-0.1, -0.05) is 11.6 Å². The fourth-order valence-corrected chi connectivity index (χ4v) is 4.67. The monoisotopic (exact) mass is 394 g/mol. The number of hydrogen-bond acceptors (Lipinski definition) is 4. The molecule has 0 bridgehead atoms. The Balaban J connectivity index is 2.24. The van der Waals surface area contributed by atoms with Gasteiger partial charge in [0.05, 0.1) is 5.02 Å². The highest BCUT2D eigenvalue weighted by atomic mass is 79.9. The molecular weight excluding hydrogens is 384 g/mol. The number of aryl methyl sites for hydroxylation is 1. The predicted octanol–water partition coefficient (Wildman–Crippen LogP) is 3.53. The molecule has 0 saturated heterocycles. The van der Waals surface area contributed by atoms with E-state index >= 15 is 0 Å². The first kappa shape index (κ1) is 15.8. The van der Waals surface area contributed by atoms with Gasteiger partial charge in [0.2, 0.25) is 10.0 Å². The number of rotatable bonds is 4. The molecule has 0 fully saturated rings. The van der Waals surface area contributed by atoms with Crippen molar-refractivity contribution in [3.05, 3.63) is 43.5 Å². The van der Waals surface area contributed by atoms with E-state index in [4.69, 9.17) is 17.3 Å². The number of hydrogen-bond donors (Lipinski definition) is 2. The number of anilines is 1. The van der Waals surface area contributed by atoms with E-state index in [1.165, 1.54) is 17.4 Å². The van der Waals surface area contributed by atoms with Gasteiger partial charge in [-0.3, -0.25) is 0 Å². The molecule has 0 spiro atoms. The van der Waals surface area contributed by atoms with Crippen molar-refractivity contribution in [3.8, 4) is 0 Å². The van der Waals surface area contributed by atoms with Gasteiger partial charge in [-0.25, -0.2) is 13.1 Å². The second-order valence-electron chi connectivity index (χ2n) is 4.20. The molecule has 4 nitrogen and oxygen atoms in total. The maximum Gasteiger partial charge on any atom is 0.242 e. The third-order valence-electron chi connectivity index (χ3n) is 2.67. The van der Waals surface area contributed by atoms with Gasteiger partial charge in [0.1, 0.15) is 4.90 Å². The van der Waals surface area contributed by atoms with Crippen LogP contribution in [0.2, 0.25) is 5.02 Å². The summed E-state index contributed by atoms with van der Waals surface area (Å²) in [5.41, 5.74) is 6.89. The zero-order valence-electron chi connectivity index (χ0n) is 10.5. The van der Waals surface area contributed by atoms with Crippen LogP contribution in [0.1, 0.15) is 10.4 Å². The minimum Gasteiger partial charge on any atom is -0.398 e. The van der Waals surface area contributed by atoms with Crippen LogP contribution >= 0.6 is 38.9 Å². The molecule has 2 aromatic rings. The van der Waals surface area contributed by atoms with Crippen LogP contribution in [0.15, 0.2) is 32.9 Å². The van der Waals surface area contributed by atoms with Crippen molar-refractivity contribution in [2.45, 2.75) is 18.4 Å². The molecule has 0 aliphatic carbocycles.